The summed E-state index contributed by atoms with van der Waals surface area (Å²) < 4.78 is 23.5. The summed E-state index contributed by atoms with van der Waals surface area (Å²) in [5.41, 5.74) is 0.229. The number of H-pyrrole nitrogens is 1. The molecule has 7 nitrogen and oxygen atoms in total. The van der Waals surface area contributed by atoms with E-state index >= 15 is 0 Å². The van der Waals surface area contributed by atoms with Gasteiger partial charge in [-0.15, -0.1) is 0 Å². The first-order chi connectivity index (χ1) is 9.75. The molecule has 0 bridgehead atoms. The zero-order chi connectivity index (χ0) is 15.8. The molecule has 2 atom stereocenters. The van der Waals surface area contributed by atoms with Crippen molar-refractivity contribution in [2.24, 2.45) is 11.1 Å². The summed E-state index contributed by atoms with van der Waals surface area (Å²) in [6, 6.07) is 0.116. The predicted molar refractivity (Wildman–Crippen MR) is 78.3 cm³/mol. The van der Waals surface area contributed by atoms with Crippen molar-refractivity contribution in [2.45, 2.75) is 56.9 Å². The van der Waals surface area contributed by atoms with Crippen molar-refractivity contribution in [1.82, 2.24) is 15.5 Å². The third-order valence-electron chi connectivity index (χ3n) is 3.72. The number of sulfonamides is 1. The number of hydrogen-bond acceptors (Lipinski definition) is 4. The van der Waals surface area contributed by atoms with E-state index in [4.69, 9.17) is 5.14 Å². The van der Waals surface area contributed by atoms with E-state index in [1.165, 1.54) is 0 Å². The molecule has 8 heteroatoms. The molecule has 1 aliphatic rings. The topological polar surface area (TPSA) is 118 Å². The fourth-order valence-corrected chi connectivity index (χ4v) is 3.53. The van der Waals surface area contributed by atoms with Crippen molar-refractivity contribution in [2.75, 3.05) is 0 Å². The minimum atomic E-state index is -4.00. The molecule has 0 aromatic carbocycles. The number of rotatable bonds is 6. The Labute approximate surface area is 124 Å². The zero-order valence-electron chi connectivity index (χ0n) is 12.5. The van der Waals surface area contributed by atoms with E-state index in [0.29, 0.717) is 11.6 Å². The highest BCUT2D eigenvalue weighted by molar-refractivity contribution is 7.89. The van der Waals surface area contributed by atoms with Crippen molar-refractivity contribution >= 4 is 15.9 Å². The monoisotopic (exact) mass is 314 g/mol. The number of carbonyl (C=O) groups excluding carboxylic acids is 1. The number of nitrogens with one attached hydrogen (secondary N) is 2. The Balaban J connectivity index is 2.22. The van der Waals surface area contributed by atoms with Gasteiger partial charge in [0.15, 0.2) is 5.69 Å². The van der Waals surface area contributed by atoms with Crippen molar-refractivity contribution < 1.29 is 13.2 Å². The molecule has 1 aliphatic carbocycles. The zero-order valence-corrected chi connectivity index (χ0v) is 13.3. The van der Waals surface area contributed by atoms with E-state index in [1.807, 2.05) is 13.8 Å². The lowest BCUT2D eigenvalue weighted by atomic mass is 10.1. The van der Waals surface area contributed by atoms with Gasteiger partial charge in [0, 0.05) is 6.04 Å². The van der Waals surface area contributed by atoms with E-state index in [-0.39, 0.29) is 22.5 Å². The first kappa shape index (κ1) is 16.0. The number of aromatic amines is 1. The van der Waals surface area contributed by atoms with Gasteiger partial charge in [0.1, 0.15) is 4.90 Å². The summed E-state index contributed by atoms with van der Waals surface area (Å²) in [4.78, 5) is 12.0. The van der Waals surface area contributed by atoms with Gasteiger partial charge in [-0.25, -0.2) is 13.6 Å². The van der Waals surface area contributed by atoms with Gasteiger partial charge in [-0.2, -0.15) is 5.10 Å². The number of hydrogen-bond donors (Lipinski definition) is 3. The van der Waals surface area contributed by atoms with Crippen molar-refractivity contribution in [3.8, 4) is 0 Å². The van der Waals surface area contributed by atoms with E-state index in [0.717, 1.165) is 19.3 Å². The SMILES string of the molecule is CCCC1CC1NC(=O)c1n[nH]c(C(C)C)c1S(N)(=O)=O. The Bertz CT molecular complexity index is 636. The molecule has 1 aromatic rings. The van der Waals surface area contributed by atoms with Gasteiger partial charge in [-0.3, -0.25) is 9.89 Å². The standard InChI is InChI=1S/C13H22N4O3S/c1-4-5-8-6-9(8)15-13(18)11-12(21(14,19)20)10(7(2)3)16-17-11/h7-9H,4-6H2,1-3H3,(H,15,18)(H,16,17)(H2,14,19,20). The summed E-state index contributed by atoms with van der Waals surface area (Å²) in [5.74, 6) is -0.118. The van der Waals surface area contributed by atoms with E-state index < -0.39 is 15.9 Å². The second-order valence-corrected chi connectivity index (χ2v) is 7.38. The first-order valence-electron chi connectivity index (χ1n) is 7.17. The van der Waals surface area contributed by atoms with Crippen LogP contribution in [0.5, 0.6) is 0 Å². The molecule has 4 N–H and O–H groups in total. The second kappa shape index (κ2) is 5.76. The molecule has 0 saturated heterocycles. The molecule has 2 rings (SSSR count). The highest BCUT2D eigenvalue weighted by atomic mass is 32.2. The normalized spacial score (nSPS) is 21.6. The maximum atomic E-state index is 12.2. The number of nitrogens with zero attached hydrogens (tertiary/aromatic N) is 1. The summed E-state index contributed by atoms with van der Waals surface area (Å²) in [6.07, 6.45) is 3.07. The Morgan fingerprint density at radius 1 is 1.52 bits per heavy atom. The second-order valence-electron chi connectivity index (χ2n) is 5.88. The van der Waals surface area contributed by atoms with Crippen LogP contribution < -0.4 is 10.5 Å². The molecular weight excluding hydrogens is 292 g/mol. The maximum Gasteiger partial charge on any atom is 0.273 e. The third-order valence-corrected chi connectivity index (χ3v) is 4.71. The summed E-state index contributed by atoms with van der Waals surface area (Å²) >= 11 is 0. The highest BCUT2D eigenvalue weighted by Gasteiger charge is 2.39. The Morgan fingerprint density at radius 3 is 2.71 bits per heavy atom. The summed E-state index contributed by atoms with van der Waals surface area (Å²) in [5, 5.41) is 14.5. The minimum Gasteiger partial charge on any atom is -0.348 e. The minimum absolute atomic E-state index is 0.116. The maximum absolute atomic E-state index is 12.2. The number of carbonyl (C=O) groups is 1. The van der Waals surface area contributed by atoms with Crippen LogP contribution in [0.4, 0.5) is 0 Å². The van der Waals surface area contributed by atoms with Crippen LogP contribution in [0.2, 0.25) is 0 Å². The van der Waals surface area contributed by atoms with Crippen molar-refractivity contribution in [3.63, 3.8) is 0 Å². The van der Waals surface area contributed by atoms with Gasteiger partial charge in [0.25, 0.3) is 5.91 Å². The van der Waals surface area contributed by atoms with Crippen LogP contribution in [-0.2, 0) is 10.0 Å². The molecule has 2 unspecified atom stereocenters. The summed E-state index contributed by atoms with van der Waals surface area (Å²) in [7, 11) is -4.00. The first-order valence-corrected chi connectivity index (χ1v) is 8.72. The molecule has 1 saturated carbocycles. The van der Waals surface area contributed by atoms with Gasteiger partial charge >= 0.3 is 0 Å². The van der Waals surface area contributed by atoms with E-state index in [2.05, 4.69) is 22.4 Å². The quantitative estimate of drug-likeness (QED) is 0.728. The average molecular weight is 314 g/mol. The van der Waals surface area contributed by atoms with Crippen LogP contribution in [-0.4, -0.2) is 30.6 Å². The largest absolute Gasteiger partial charge is 0.348 e. The average Bonchev–Trinajstić information content (AvgIpc) is 2.92. The molecule has 118 valence electrons. The van der Waals surface area contributed by atoms with Gasteiger partial charge in [-0.05, 0) is 24.7 Å². The van der Waals surface area contributed by atoms with Crippen LogP contribution in [0.25, 0.3) is 0 Å². The molecule has 21 heavy (non-hydrogen) atoms. The predicted octanol–water partition coefficient (Wildman–Crippen LogP) is 1.10. The van der Waals surface area contributed by atoms with Crippen molar-refractivity contribution in [1.29, 1.82) is 0 Å². The number of nitrogens with two attached hydrogens (primary N) is 1. The fraction of sp³-hybridized carbons (Fsp3) is 0.692. The Hall–Kier alpha value is -1.41. The number of amides is 1. The Kier molecular flexibility index (Phi) is 4.38. The van der Waals surface area contributed by atoms with Gasteiger partial charge in [-0.1, -0.05) is 27.2 Å². The molecule has 1 aromatic heterocycles. The molecule has 1 amide bonds. The molecule has 0 radical (unpaired) electrons. The lowest BCUT2D eigenvalue weighted by molar-refractivity contribution is 0.0940. The van der Waals surface area contributed by atoms with Crippen LogP contribution >= 0.6 is 0 Å². The highest BCUT2D eigenvalue weighted by Crippen LogP contribution is 2.35. The van der Waals surface area contributed by atoms with Gasteiger partial charge < -0.3 is 5.32 Å². The van der Waals surface area contributed by atoms with E-state index in [1.54, 1.807) is 0 Å². The molecular formula is C13H22N4O3S. The van der Waals surface area contributed by atoms with Crippen LogP contribution in [0, 0.1) is 5.92 Å². The molecule has 1 fully saturated rings. The third kappa shape index (κ3) is 3.44. The van der Waals surface area contributed by atoms with Crippen molar-refractivity contribution in [3.05, 3.63) is 11.4 Å². The number of primary sulfonamides is 1. The van der Waals surface area contributed by atoms with Crippen LogP contribution in [0.3, 0.4) is 0 Å². The molecule has 1 heterocycles. The lowest BCUT2D eigenvalue weighted by Gasteiger charge is -2.07. The smallest absolute Gasteiger partial charge is 0.273 e. The van der Waals surface area contributed by atoms with Gasteiger partial charge in [0.2, 0.25) is 10.0 Å². The van der Waals surface area contributed by atoms with Gasteiger partial charge in [0.05, 0.1) is 5.69 Å². The number of aromatic nitrogens is 2. The lowest BCUT2D eigenvalue weighted by Crippen LogP contribution is -2.29. The van der Waals surface area contributed by atoms with Crippen LogP contribution in [0.15, 0.2) is 4.90 Å². The Morgan fingerprint density at radius 2 is 2.19 bits per heavy atom. The van der Waals surface area contributed by atoms with Crippen LogP contribution in [0.1, 0.15) is 62.1 Å². The molecule has 0 aliphatic heterocycles. The fourth-order valence-electron chi connectivity index (χ4n) is 2.53. The molecule has 0 spiro atoms. The summed E-state index contributed by atoms with van der Waals surface area (Å²) in [6.45, 7) is 5.71. The van der Waals surface area contributed by atoms with E-state index in [9.17, 15) is 13.2 Å².